The second-order valence-electron chi connectivity index (χ2n) is 4.17. The number of phenolic OH excluding ortho intramolecular Hbond substituents is 1. The van der Waals surface area contributed by atoms with Gasteiger partial charge in [-0.05, 0) is 49.6 Å². The number of hydrogen-bond acceptors (Lipinski definition) is 4. The zero-order valence-electron chi connectivity index (χ0n) is 11.2. The Labute approximate surface area is 131 Å². The van der Waals surface area contributed by atoms with Crippen molar-refractivity contribution in [3.63, 3.8) is 0 Å². The van der Waals surface area contributed by atoms with Crippen molar-refractivity contribution in [3.8, 4) is 5.75 Å². The van der Waals surface area contributed by atoms with E-state index in [4.69, 9.17) is 9.47 Å². The van der Waals surface area contributed by atoms with E-state index in [1.807, 2.05) is 12.1 Å². The molecule has 1 N–H and O–H groups in total. The summed E-state index contributed by atoms with van der Waals surface area (Å²) in [5, 5.41) is 9.70. The van der Waals surface area contributed by atoms with E-state index in [-0.39, 0.29) is 5.75 Å². The zero-order valence-corrected chi connectivity index (χ0v) is 14.3. The summed E-state index contributed by atoms with van der Waals surface area (Å²) in [4.78, 5) is 2.25. The number of nitrogens with zero attached hydrogens (tertiary/aromatic N) is 1. The van der Waals surface area contributed by atoms with Crippen molar-refractivity contribution >= 4 is 31.9 Å². The molecule has 0 aliphatic carbocycles. The molecule has 1 rings (SSSR count). The normalized spacial score (nSPS) is 11.2. The molecular formula is C13H19Br2NO3. The van der Waals surface area contributed by atoms with Crippen LogP contribution in [0, 0.1) is 0 Å². The number of halogens is 2. The first-order chi connectivity index (χ1) is 9.08. The summed E-state index contributed by atoms with van der Waals surface area (Å²) in [6.07, 6.45) is 0. The zero-order chi connectivity index (χ0) is 14.3. The first-order valence-corrected chi connectivity index (χ1v) is 7.54. The van der Waals surface area contributed by atoms with E-state index in [1.54, 1.807) is 14.2 Å². The molecule has 0 amide bonds. The highest BCUT2D eigenvalue weighted by Gasteiger charge is 2.10. The molecule has 0 unspecified atom stereocenters. The maximum absolute atomic E-state index is 9.70. The summed E-state index contributed by atoms with van der Waals surface area (Å²) >= 11 is 6.69. The molecule has 4 nitrogen and oxygen atoms in total. The van der Waals surface area contributed by atoms with Crippen molar-refractivity contribution in [2.75, 3.05) is 40.5 Å². The molecule has 0 saturated heterocycles. The van der Waals surface area contributed by atoms with E-state index in [0.717, 1.165) is 25.2 Å². The predicted molar refractivity (Wildman–Crippen MR) is 82.5 cm³/mol. The fourth-order valence-corrected chi connectivity index (χ4v) is 2.96. The van der Waals surface area contributed by atoms with E-state index in [0.29, 0.717) is 22.2 Å². The number of phenols is 1. The molecular weight excluding hydrogens is 378 g/mol. The second kappa shape index (κ2) is 8.92. The molecule has 0 spiro atoms. The molecule has 0 aromatic heterocycles. The highest BCUT2D eigenvalue weighted by atomic mass is 79.9. The first-order valence-electron chi connectivity index (χ1n) is 5.95. The maximum Gasteiger partial charge on any atom is 0.143 e. The molecule has 0 aliphatic rings. The quantitative estimate of drug-likeness (QED) is 0.733. The van der Waals surface area contributed by atoms with Gasteiger partial charge in [0.15, 0.2) is 0 Å². The Kier molecular flexibility index (Phi) is 7.94. The van der Waals surface area contributed by atoms with Gasteiger partial charge in [0.25, 0.3) is 0 Å². The Bertz CT molecular complexity index is 370. The smallest absolute Gasteiger partial charge is 0.143 e. The van der Waals surface area contributed by atoms with Crippen LogP contribution in [-0.4, -0.2) is 50.5 Å². The molecule has 0 fully saturated rings. The maximum atomic E-state index is 9.70. The summed E-state index contributed by atoms with van der Waals surface area (Å²) < 4.78 is 11.6. The average molecular weight is 397 g/mol. The third-order valence-corrected chi connectivity index (χ3v) is 3.92. The lowest BCUT2D eigenvalue weighted by molar-refractivity contribution is 0.110. The Morgan fingerprint density at radius 2 is 1.53 bits per heavy atom. The summed E-state index contributed by atoms with van der Waals surface area (Å²) in [5.74, 6) is 0.226. The van der Waals surface area contributed by atoms with Crippen LogP contribution in [0.5, 0.6) is 5.75 Å². The van der Waals surface area contributed by atoms with Crippen LogP contribution in [0.2, 0.25) is 0 Å². The molecule has 0 atom stereocenters. The van der Waals surface area contributed by atoms with Gasteiger partial charge in [-0.15, -0.1) is 0 Å². The van der Waals surface area contributed by atoms with Gasteiger partial charge in [-0.2, -0.15) is 0 Å². The van der Waals surface area contributed by atoms with E-state index >= 15 is 0 Å². The molecule has 0 bridgehead atoms. The van der Waals surface area contributed by atoms with Crippen LogP contribution in [0.3, 0.4) is 0 Å². The second-order valence-corrected chi connectivity index (χ2v) is 5.88. The fraction of sp³-hybridized carbons (Fsp3) is 0.538. The lowest BCUT2D eigenvalue weighted by Gasteiger charge is -2.22. The van der Waals surface area contributed by atoms with Crippen LogP contribution >= 0.6 is 31.9 Å². The summed E-state index contributed by atoms with van der Waals surface area (Å²) in [7, 11) is 3.39. The van der Waals surface area contributed by atoms with Crippen LogP contribution in [0.25, 0.3) is 0 Å². The van der Waals surface area contributed by atoms with Crippen molar-refractivity contribution < 1.29 is 14.6 Å². The van der Waals surface area contributed by atoms with Crippen molar-refractivity contribution in [1.82, 2.24) is 4.90 Å². The Balaban J connectivity index is 2.71. The van der Waals surface area contributed by atoms with Gasteiger partial charge >= 0.3 is 0 Å². The first kappa shape index (κ1) is 16.9. The topological polar surface area (TPSA) is 41.9 Å². The molecule has 0 aliphatic heterocycles. The number of hydrogen-bond donors (Lipinski definition) is 1. The lowest BCUT2D eigenvalue weighted by Crippen LogP contribution is -2.30. The monoisotopic (exact) mass is 395 g/mol. The standard InChI is InChI=1S/C13H19Br2NO3/c1-18-5-3-16(4-6-19-2)9-10-7-11(14)13(17)12(15)8-10/h7-8,17H,3-6,9H2,1-2H3. The van der Waals surface area contributed by atoms with Crippen molar-refractivity contribution in [1.29, 1.82) is 0 Å². The number of aromatic hydroxyl groups is 1. The highest BCUT2D eigenvalue weighted by Crippen LogP contribution is 2.33. The van der Waals surface area contributed by atoms with Gasteiger partial charge in [-0.25, -0.2) is 0 Å². The van der Waals surface area contributed by atoms with E-state index in [2.05, 4.69) is 36.8 Å². The average Bonchev–Trinajstić information content (AvgIpc) is 2.39. The minimum Gasteiger partial charge on any atom is -0.506 e. The summed E-state index contributed by atoms with van der Waals surface area (Å²) in [5.41, 5.74) is 1.11. The molecule has 0 radical (unpaired) electrons. The molecule has 1 aromatic carbocycles. The number of ether oxygens (including phenoxy) is 2. The largest absolute Gasteiger partial charge is 0.506 e. The molecule has 6 heteroatoms. The van der Waals surface area contributed by atoms with Crippen molar-refractivity contribution in [2.24, 2.45) is 0 Å². The third kappa shape index (κ3) is 5.79. The van der Waals surface area contributed by atoms with Gasteiger partial charge in [-0.1, -0.05) is 0 Å². The number of methoxy groups -OCH3 is 2. The Morgan fingerprint density at radius 3 is 1.95 bits per heavy atom. The van der Waals surface area contributed by atoms with Crippen LogP contribution in [-0.2, 0) is 16.0 Å². The van der Waals surface area contributed by atoms with Crippen LogP contribution in [0.1, 0.15) is 5.56 Å². The fourth-order valence-electron chi connectivity index (χ4n) is 1.68. The highest BCUT2D eigenvalue weighted by molar-refractivity contribution is 9.11. The van der Waals surface area contributed by atoms with Crippen molar-refractivity contribution in [2.45, 2.75) is 6.54 Å². The van der Waals surface area contributed by atoms with Crippen LogP contribution in [0.15, 0.2) is 21.1 Å². The summed E-state index contributed by atoms with van der Waals surface area (Å²) in [6, 6.07) is 3.85. The van der Waals surface area contributed by atoms with Crippen LogP contribution in [0.4, 0.5) is 0 Å². The number of rotatable bonds is 8. The van der Waals surface area contributed by atoms with Crippen LogP contribution < -0.4 is 0 Å². The lowest BCUT2D eigenvalue weighted by atomic mass is 10.2. The van der Waals surface area contributed by atoms with Gasteiger partial charge in [-0.3, -0.25) is 4.90 Å². The Morgan fingerprint density at radius 1 is 1.05 bits per heavy atom. The van der Waals surface area contributed by atoms with Gasteiger partial charge < -0.3 is 14.6 Å². The molecule has 1 aromatic rings. The predicted octanol–water partition coefficient (Wildman–Crippen LogP) is 3.01. The van der Waals surface area contributed by atoms with E-state index in [1.165, 1.54) is 0 Å². The van der Waals surface area contributed by atoms with Gasteiger partial charge in [0.2, 0.25) is 0 Å². The van der Waals surface area contributed by atoms with Gasteiger partial charge in [0, 0.05) is 33.9 Å². The van der Waals surface area contributed by atoms with E-state index in [9.17, 15) is 5.11 Å². The number of benzene rings is 1. The van der Waals surface area contributed by atoms with Gasteiger partial charge in [0.05, 0.1) is 22.2 Å². The summed E-state index contributed by atoms with van der Waals surface area (Å²) in [6.45, 7) is 3.84. The van der Waals surface area contributed by atoms with Crippen molar-refractivity contribution in [3.05, 3.63) is 26.6 Å². The minimum atomic E-state index is 0.226. The molecule has 108 valence electrons. The SMILES string of the molecule is COCCN(CCOC)Cc1cc(Br)c(O)c(Br)c1. The molecule has 19 heavy (non-hydrogen) atoms. The molecule has 0 heterocycles. The third-order valence-electron chi connectivity index (χ3n) is 2.71. The Hall–Kier alpha value is -0.140. The van der Waals surface area contributed by atoms with Gasteiger partial charge in [0.1, 0.15) is 5.75 Å². The van der Waals surface area contributed by atoms with E-state index < -0.39 is 0 Å². The molecule has 0 saturated carbocycles. The minimum absolute atomic E-state index is 0.226.